The van der Waals surface area contributed by atoms with Crippen molar-refractivity contribution in [3.05, 3.63) is 53.1 Å². The molecule has 0 bridgehead atoms. The fourth-order valence-electron chi connectivity index (χ4n) is 2.29. The van der Waals surface area contributed by atoms with Crippen molar-refractivity contribution in [2.75, 3.05) is 0 Å². The van der Waals surface area contributed by atoms with Crippen molar-refractivity contribution in [3.8, 4) is 0 Å². The van der Waals surface area contributed by atoms with Gasteiger partial charge in [0.15, 0.2) is 5.66 Å². The molecule has 0 unspecified atom stereocenters. The van der Waals surface area contributed by atoms with Gasteiger partial charge in [-0.25, -0.2) is 9.59 Å². The number of rotatable bonds is 3. The Morgan fingerprint density at radius 1 is 1.15 bits per heavy atom. The summed E-state index contributed by atoms with van der Waals surface area (Å²) < 4.78 is 0. The third-order valence-corrected chi connectivity index (χ3v) is 3.42. The summed E-state index contributed by atoms with van der Waals surface area (Å²) in [6, 6.07) is 8.11. The van der Waals surface area contributed by atoms with E-state index in [4.69, 9.17) is 0 Å². The number of allylic oxidation sites excluding steroid dienone is 2. The molecule has 20 heavy (non-hydrogen) atoms. The van der Waals surface area contributed by atoms with Gasteiger partial charge in [0.2, 0.25) is 12.2 Å². The second-order valence-corrected chi connectivity index (χ2v) is 4.78. The Labute approximate surface area is 117 Å². The van der Waals surface area contributed by atoms with Crippen LogP contribution in [-0.4, -0.2) is 17.8 Å². The van der Waals surface area contributed by atoms with E-state index in [-0.39, 0.29) is 0 Å². The van der Waals surface area contributed by atoms with E-state index in [0.29, 0.717) is 6.42 Å². The molecule has 0 spiro atoms. The van der Waals surface area contributed by atoms with Gasteiger partial charge in [-0.15, -0.1) is 0 Å². The molecule has 1 aromatic carbocycles. The second-order valence-electron chi connectivity index (χ2n) is 4.78. The van der Waals surface area contributed by atoms with Crippen LogP contribution in [0.5, 0.6) is 0 Å². The van der Waals surface area contributed by atoms with Gasteiger partial charge in [0.05, 0.1) is 0 Å². The molecule has 0 radical (unpaired) electrons. The quantitative estimate of drug-likeness (QED) is 0.623. The molecular weight excluding hydrogens is 252 g/mol. The zero-order valence-electron chi connectivity index (χ0n) is 11.4. The van der Waals surface area contributed by atoms with Crippen LogP contribution in [0.1, 0.15) is 24.5 Å². The molecule has 0 saturated carbocycles. The zero-order valence-corrected chi connectivity index (χ0v) is 11.4. The van der Waals surface area contributed by atoms with Crippen molar-refractivity contribution in [2.24, 2.45) is 9.98 Å². The third kappa shape index (κ3) is 2.57. The van der Waals surface area contributed by atoms with Crippen molar-refractivity contribution in [2.45, 2.75) is 25.9 Å². The van der Waals surface area contributed by atoms with E-state index in [1.807, 2.05) is 37.3 Å². The Bertz CT molecular complexity index is 670. The summed E-state index contributed by atoms with van der Waals surface area (Å²) in [5, 5.41) is 0. The van der Waals surface area contributed by atoms with E-state index in [0.717, 1.165) is 16.7 Å². The Hall–Kier alpha value is -2.54. The van der Waals surface area contributed by atoms with E-state index in [1.54, 1.807) is 6.92 Å². The molecule has 0 atom stereocenters. The Kier molecular flexibility index (Phi) is 3.90. The smallest absolute Gasteiger partial charge is 0.211 e. The molecule has 4 nitrogen and oxygen atoms in total. The number of hydrogen-bond acceptors (Lipinski definition) is 4. The summed E-state index contributed by atoms with van der Waals surface area (Å²) in [5.41, 5.74) is 2.84. The molecule has 100 valence electrons. The van der Waals surface area contributed by atoms with Crippen LogP contribution in [0.3, 0.4) is 0 Å². The number of nitrogens with zero attached hydrogens (tertiary/aromatic N) is 2. The first-order valence-electron chi connectivity index (χ1n) is 6.25. The highest BCUT2D eigenvalue weighted by Crippen LogP contribution is 2.35. The minimum absolute atomic E-state index is 0.350. The van der Waals surface area contributed by atoms with Gasteiger partial charge in [0, 0.05) is 6.42 Å². The molecule has 4 heteroatoms. The van der Waals surface area contributed by atoms with Crippen LogP contribution in [0.2, 0.25) is 0 Å². The average molecular weight is 266 g/mol. The largest absolute Gasteiger partial charge is 0.237 e. The molecule has 0 N–H and O–H groups in total. The minimum atomic E-state index is -1.17. The van der Waals surface area contributed by atoms with Gasteiger partial charge >= 0.3 is 0 Å². The van der Waals surface area contributed by atoms with Gasteiger partial charge in [-0.05, 0) is 30.6 Å². The van der Waals surface area contributed by atoms with E-state index < -0.39 is 5.66 Å². The summed E-state index contributed by atoms with van der Waals surface area (Å²) in [5.74, 6) is 0. The topological polar surface area (TPSA) is 58.9 Å². The Balaban J connectivity index is 2.44. The van der Waals surface area contributed by atoms with Gasteiger partial charge in [0.1, 0.15) is 0 Å². The summed E-state index contributed by atoms with van der Waals surface area (Å²) >= 11 is 0. The molecule has 0 heterocycles. The summed E-state index contributed by atoms with van der Waals surface area (Å²) in [6.07, 6.45) is 7.14. The third-order valence-electron chi connectivity index (χ3n) is 3.42. The van der Waals surface area contributed by atoms with E-state index in [2.05, 4.69) is 16.1 Å². The predicted molar refractivity (Wildman–Crippen MR) is 76.5 cm³/mol. The van der Waals surface area contributed by atoms with Crippen molar-refractivity contribution in [1.29, 1.82) is 0 Å². The summed E-state index contributed by atoms with van der Waals surface area (Å²) in [6.45, 7) is 3.82. The van der Waals surface area contributed by atoms with Crippen LogP contribution >= 0.6 is 0 Å². The van der Waals surface area contributed by atoms with E-state index in [9.17, 15) is 9.59 Å². The number of isocyanates is 2. The second kappa shape index (κ2) is 5.62. The van der Waals surface area contributed by atoms with Gasteiger partial charge in [-0.1, -0.05) is 42.0 Å². The van der Waals surface area contributed by atoms with Crippen LogP contribution in [0.15, 0.2) is 52.0 Å². The van der Waals surface area contributed by atoms with Gasteiger partial charge < -0.3 is 0 Å². The average Bonchev–Trinajstić information content (AvgIpc) is 2.42. The van der Waals surface area contributed by atoms with Crippen LogP contribution in [-0.2, 0) is 9.59 Å². The first-order valence-corrected chi connectivity index (χ1v) is 6.25. The maximum absolute atomic E-state index is 10.6. The Morgan fingerprint density at radius 3 is 2.40 bits per heavy atom. The number of carbonyl (C=O) groups excluding carboxylic acids is 2. The van der Waals surface area contributed by atoms with Crippen molar-refractivity contribution < 1.29 is 9.59 Å². The first kappa shape index (κ1) is 13.9. The molecule has 0 amide bonds. The van der Waals surface area contributed by atoms with Crippen LogP contribution < -0.4 is 0 Å². The number of benzene rings is 1. The normalized spacial score (nSPS) is 21.1. The summed E-state index contributed by atoms with van der Waals surface area (Å²) in [7, 11) is 0. The van der Waals surface area contributed by atoms with Crippen molar-refractivity contribution in [3.63, 3.8) is 0 Å². The molecule has 1 aliphatic carbocycles. The maximum atomic E-state index is 10.6. The lowest BCUT2D eigenvalue weighted by Gasteiger charge is -2.26. The molecular formula is C16H14N2O2. The highest BCUT2D eigenvalue weighted by Gasteiger charge is 2.33. The summed E-state index contributed by atoms with van der Waals surface area (Å²) in [4.78, 5) is 28.5. The number of hydrogen-bond donors (Lipinski definition) is 0. The van der Waals surface area contributed by atoms with Gasteiger partial charge in [-0.2, -0.15) is 9.98 Å². The standard InChI is InChI=1S/C16H14N2O2/c1-12-4-3-5-14(8-12)15-6-7-16(17-10-19,18-11-20)13(2)9-15/h3-6,8-9H,7H2,1-2H3. The molecule has 0 saturated heterocycles. The molecule has 0 fully saturated rings. The molecule has 1 aliphatic rings. The lowest BCUT2D eigenvalue weighted by molar-refractivity contribution is 0.496. The van der Waals surface area contributed by atoms with E-state index >= 15 is 0 Å². The molecule has 0 aromatic heterocycles. The van der Waals surface area contributed by atoms with Crippen LogP contribution in [0.4, 0.5) is 0 Å². The first-order chi connectivity index (χ1) is 9.61. The van der Waals surface area contributed by atoms with Crippen LogP contribution in [0.25, 0.3) is 5.57 Å². The highest BCUT2D eigenvalue weighted by molar-refractivity contribution is 5.77. The Morgan fingerprint density at radius 2 is 1.85 bits per heavy atom. The minimum Gasteiger partial charge on any atom is -0.211 e. The SMILES string of the molecule is CC1=CC(c2cccc(C)c2)=CCC1(N=C=O)N=C=O. The molecule has 2 rings (SSSR count). The zero-order chi connectivity index (χ0) is 14.6. The van der Waals surface area contributed by atoms with Gasteiger partial charge in [0.25, 0.3) is 0 Å². The lowest BCUT2D eigenvalue weighted by Crippen LogP contribution is -2.26. The highest BCUT2D eigenvalue weighted by atomic mass is 16.1. The number of aryl methyl sites for hydroxylation is 1. The van der Waals surface area contributed by atoms with Crippen molar-refractivity contribution in [1.82, 2.24) is 0 Å². The van der Waals surface area contributed by atoms with E-state index in [1.165, 1.54) is 17.7 Å². The van der Waals surface area contributed by atoms with Crippen LogP contribution in [0, 0.1) is 6.92 Å². The lowest BCUT2D eigenvalue weighted by atomic mass is 9.87. The fraction of sp³-hybridized carbons (Fsp3) is 0.250. The molecule has 0 aliphatic heterocycles. The number of aliphatic imine (C=N–C) groups is 2. The maximum Gasteiger partial charge on any atom is 0.237 e. The van der Waals surface area contributed by atoms with Gasteiger partial charge in [-0.3, -0.25) is 0 Å². The monoisotopic (exact) mass is 266 g/mol. The molecule has 1 aromatic rings. The predicted octanol–water partition coefficient (Wildman–Crippen LogP) is 3.10. The van der Waals surface area contributed by atoms with Crippen molar-refractivity contribution >= 4 is 17.7 Å². The fourth-order valence-corrected chi connectivity index (χ4v) is 2.29.